The number of aryl methyl sites for hydroxylation is 1. The molecule has 0 fully saturated rings. The van der Waals surface area contributed by atoms with Crippen LogP contribution in [0.15, 0.2) is 194 Å². The third kappa shape index (κ3) is 21.9. The number of aromatic nitrogens is 3. The smallest absolute Gasteiger partial charge is 0.485 e. The monoisotopic (exact) mass is 1590 g/mol. The summed E-state index contributed by atoms with van der Waals surface area (Å²) >= 11 is 0. The molecule has 8 heterocycles. The first-order chi connectivity index (χ1) is 56.4. The molecule has 0 saturated carbocycles. The molecule has 5 aliphatic heterocycles. The molecule has 5 aliphatic rings. The minimum absolute atomic E-state index is 0. The molecule has 117 heavy (non-hydrogen) atoms. The third-order valence-electron chi connectivity index (χ3n) is 17.9. The van der Waals surface area contributed by atoms with Crippen molar-refractivity contribution in [3.8, 4) is 63.5 Å². The Hall–Kier alpha value is -13.0. The summed E-state index contributed by atoms with van der Waals surface area (Å²) in [6.45, 7) is 41.3. The van der Waals surface area contributed by atoms with Crippen LogP contribution in [0.5, 0.6) is 63.5 Å². The maximum atomic E-state index is 11.9. The van der Waals surface area contributed by atoms with E-state index in [2.05, 4.69) is 44.1 Å². The van der Waals surface area contributed by atoms with Gasteiger partial charge < -0.3 is 86.7 Å². The van der Waals surface area contributed by atoms with Gasteiger partial charge in [-0.1, -0.05) is 54.6 Å². The van der Waals surface area contributed by atoms with Crippen LogP contribution in [0.4, 0.5) is 28.4 Å². The first kappa shape index (κ1) is 84.9. The van der Waals surface area contributed by atoms with Crippen molar-refractivity contribution in [2.45, 2.75) is 66.5 Å². The number of esters is 1. The Kier molecular flexibility index (Phi) is 29.7. The van der Waals surface area contributed by atoms with Crippen LogP contribution in [0.1, 0.15) is 67.7 Å². The summed E-state index contributed by atoms with van der Waals surface area (Å²) in [4.78, 5) is 50.7. The number of carbonyl (C=O) groups excluding carboxylic acids is 1. The second-order valence-electron chi connectivity index (χ2n) is 25.4. The van der Waals surface area contributed by atoms with E-state index in [1.807, 2.05) is 61.5 Å². The fraction of sp³-hybridized carbons (Fsp3) is 0.159. The first-order valence-electron chi connectivity index (χ1n) is 35.7. The zero-order valence-corrected chi connectivity index (χ0v) is 63.5. The molecule has 8 aromatic carbocycles. The van der Waals surface area contributed by atoms with Gasteiger partial charge in [0.15, 0.2) is 34.3 Å². The minimum Gasteiger partial charge on any atom is -0.485 e. The van der Waals surface area contributed by atoms with Gasteiger partial charge in [0.2, 0.25) is 23.1 Å². The highest BCUT2D eigenvalue weighted by atomic mass is 35.5. The highest BCUT2D eigenvalue weighted by molar-refractivity contribution is 6.63. The summed E-state index contributed by atoms with van der Waals surface area (Å²) in [7, 11) is -2.93. The van der Waals surface area contributed by atoms with E-state index in [1.54, 1.807) is 134 Å². The van der Waals surface area contributed by atoms with E-state index in [1.165, 1.54) is 19.2 Å². The molecule has 0 spiro atoms. The molecule has 0 saturated heterocycles. The van der Waals surface area contributed by atoms with Gasteiger partial charge in [-0.2, -0.15) is 0 Å². The van der Waals surface area contributed by atoms with Crippen LogP contribution in [-0.2, 0) is 90.5 Å². The molecular formula is C82H68B5ClN8O21. The molecule has 11 aromatic rings. The predicted octanol–water partition coefficient (Wildman–Crippen LogP) is 11.5. The van der Waals surface area contributed by atoms with Gasteiger partial charge in [-0.25, -0.2) is 48.8 Å². The Balaban J connectivity index is 0.000000144. The van der Waals surface area contributed by atoms with Crippen molar-refractivity contribution in [1.82, 2.24) is 15.0 Å². The fourth-order valence-corrected chi connectivity index (χ4v) is 12.1. The molecular weight excluding hydrogens is 1520 g/mol. The average molecular weight is 1590 g/mol. The summed E-state index contributed by atoms with van der Waals surface area (Å²) < 4.78 is 65.4. The number of hydrogen-bond acceptors (Lipinski definition) is 24. The standard InChI is InChI=1S/C20H15BN2O4.C17H16BNO5.C16H13BN2O5.C15H12BNO3.C14H11BN2O4.ClH/c1-22-15-5-8-19(20(11-15)25-13-16-4-2-3-9-23-16)27-17-6-7-18-14(10-17)12-26-21(18)24;1-19-17-6-4-15(9-12(17)7-8-23-21-2)24-14-3-5-16-13(10-14)11-22-18(16)20;1-3-22-16(20)15-13(18-2)6-7-14(19-15)24-11-4-5-12-10(8-11)9-23-17(12)21;1-10-7-12(4-6-15(10)17-2)20-13-3-5-14-11(8-13)9-19-16(14)18;1-16-12-4-5-14(17-13(12)7-18)21-10-2-3-11-9(6-10)8-20-15(11)19;/h2-11,24H,12-13H2;3-6,9-10,20H,7-8,11H2,2H3;4-8,21H,3,9H2,1H3;3-8,18H,9H2,1H3;2-6,18-19H,7-8H2;1H. The van der Waals surface area contributed by atoms with E-state index in [9.17, 15) is 35.0 Å². The summed E-state index contributed by atoms with van der Waals surface area (Å²) in [6.07, 6.45) is 2.25. The van der Waals surface area contributed by atoms with Gasteiger partial charge in [0.25, 0.3) is 0 Å². The fourth-order valence-electron chi connectivity index (χ4n) is 12.1. The van der Waals surface area contributed by atoms with Crippen molar-refractivity contribution in [3.05, 3.63) is 307 Å². The van der Waals surface area contributed by atoms with Crippen molar-refractivity contribution in [2.24, 2.45) is 0 Å². The van der Waals surface area contributed by atoms with Gasteiger partial charge in [0, 0.05) is 6.20 Å². The van der Waals surface area contributed by atoms with Crippen LogP contribution in [0, 0.1) is 39.8 Å². The number of rotatable bonds is 20. The van der Waals surface area contributed by atoms with Crippen molar-refractivity contribution < 1.29 is 101 Å². The lowest BCUT2D eigenvalue weighted by Crippen LogP contribution is -2.27. The second kappa shape index (κ2) is 40.8. The molecule has 3 aromatic heterocycles. The van der Waals surface area contributed by atoms with Gasteiger partial charge in [-0.3, -0.25) is 4.98 Å². The van der Waals surface area contributed by atoms with E-state index in [-0.39, 0.29) is 55.2 Å². The van der Waals surface area contributed by atoms with Gasteiger partial charge in [-0.05, 0) is 220 Å². The van der Waals surface area contributed by atoms with E-state index >= 15 is 0 Å². The number of pyridine rings is 3. The Morgan fingerprint density at radius 1 is 0.470 bits per heavy atom. The maximum absolute atomic E-state index is 11.9. The van der Waals surface area contributed by atoms with E-state index in [0.29, 0.717) is 132 Å². The number of ether oxygens (including phenoxy) is 7. The molecule has 0 amide bonds. The Labute approximate surface area is 680 Å². The SMILES string of the molecule is Cl.[C-]#[N+]c1ccc(Oc2ccc3c(c2)COB3O)c(OCc2ccccn2)c1.[C-]#[N+]c1ccc(Oc2ccc3c(c2)COB3O)cc1C.[C-]#[N+]c1ccc(Oc2ccc3c(c2)COB3O)cc1CCOOC.[C-]#[N+]c1ccc(Oc2ccc3c(c2)COB3O)nc1C(=O)OCC.[C-]#[N+]c1ccc(Oc2ccc3c(c2)COB3O)nc1CO. The van der Waals surface area contributed by atoms with Crippen LogP contribution < -0.4 is 55.7 Å². The maximum Gasteiger partial charge on any atom is 0.491 e. The van der Waals surface area contributed by atoms with Gasteiger partial charge in [-0.15, -0.1) is 12.4 Å². The molecule has 0 aliphatic carbocycles. The molecule has 0 bridgehead atoms. The third-order valence-corrected chi connectivity index (χ3v) is 17.9. The van der Waals surface area contributed by atoms with Crippen LogP contribution in [0.3, 0.4) is 0 Å². The molecule has 0 unspecified atom stereocenters. The number of fused-ring (bicyclic) bond motifs is 5. The highest BCUT2D eigenvalue weighted by Crippen LogP contribution is 2.38. The Bertz CT molecular complexity index is 5640. The van der Waals surface area contributed by atoms with Gasteiger partial charge >= 0.3 is 41.6 Å². The number of nitrogens with zero attached hydrogens (tertiary/aromatic N) is 8. The summed E-state index contributed by atoms with van der Waals surface area (Å²) in [6, 6.07) is 54.0. The molecule has 35 heteroatoms. The molecule has 29 nitrogen and oxygen atoms in total. The lowest BCUT2D eigenvalue weighted by molar-refractivity contribution is -0.271. The molecule has 16 rings (SSSR count). The predicted molar refractivity (Wildman–Crippen MR) is 433 cm³/mol. The van der Waals surface area contributed by atoms with Crippen molar-refractivity contribution in [1.29, 1.82) is 0 Å². The van der Waals surface area contributed by atoms with Crippen molar-refractivity contribution in [2.75, 3.05) is 20.3 Å². The normalized spacial score (nSPS) is 12.6. The number of aliphatic hydroxyl groups is 1. The highest BCUT2D eigenvalue weighted by Gasteiger charge is 2.32. The van der Waals surface area contributed by atoms with Crippen LogP contribution in [-0.4, -0.2) is 107 Å². The molecule has 0 atom stereocenters. The molecule has 0 radical (unpaired) electrons. The average Bonchev–Trinajstić information content (AvgIpc) is 1.76. The summed E-state index contributed by atoms with van der Waals surface area (Å²) in [5.74, 6) is 5.08. The van der Waals surface area contributed by atoms with Crippen LogP contribution in [0.2, 0.25) is 0 Å². The van der Waals surface area contributed by atoms with Gasteiger partial charge in [0.1, 0.15) is 46.9 Å². The van der Waals surface area contributed by atoms with E-state index in [4.69, 9.17) is 94.2 Å². The largest absolute Gasteiger partial charge is 0.491 e. The van der Waals surface area contributed by atoms with Gasteiger partial charge in [0.05, 0.1) is 104 Å². The lowest BCUT2D eigenvalue weighted by Gasteiger charge is -2.13. The molecule has 584 valence electrons. The Morgan fingerprint density at radius 3 is 1.35 bits per heavy atom. The summed E-state index contributed by atoms with van der Waals surface area (Å²) in [5, 5.41) is 57.3. The van der Waals surface area contributed by atoms with Crippen molar-refractivity contribution in [3.63, 3.8) is 0 Å². The molecule has 6 N–H and O–H groups in total. The number of hydrogen-bond donors (Lipinski definition) is 6. The minimum atomic E-state index is -0.916. The number of halogens is 1. The Morgan fingerprint density at radius 2 is 0.906 bits per heavy atom. The van der Waals surface area contributed by atoms with E-state index < -0.39 is 41.6 Å². The summed E-state index contributed by atoms with van der Waals surface area (Å²) in [5.41, 5.74) is 12.9. The lowest BCUT2D eigenvalue weighted by atomic mass is 9.79. The topological polar surface area (TPSA) is 328 Å². The number of carbonyl (C=O) groups is 1. The van der Waals surface area contributed by atoms with Crippen LogP contribution >= 0.6 is 12.4 Å². The number of benzene rings is 8. The zero-order chi connectivity index (χ0) is 81.6. The number of aliphatic hydroxyl groups excluding tert-OH is 1. The van der Waals surface area contributed by atoms with Crippen LogP contribution in [0.25, 0.3) is 24.2 Å². The van der Waals surface area contributed by atoms with Crippen molar-refractivity contribution >= 4 is 110 Å². The quantitative estimate of drug-likeness (QED) is 0.0103. The zero-order valence-electron chi connectivity index (χ0n) is 62.7. The first-order valence-corrected chi connectivity index (χ1v) is 35.7. The van der Waals surface area contributed by atoms with E-state index in [0.717, 1.165) is 66.5 Å². The second-order valence-corrected chi connectivity index (χ2v) is 25.4.